The molecule has 2 aliphatic rings. The molecule has 1 aromatic rings. The maximum Gasteiger partial charge on any atom is 0.411 e. The van der Waals surface area contributed by atoms with Gasteiger partial charge < -0.3 is 20.7 Å². The molecule has 10 nitrogen and oxygen atoms in total. The summed E-state index contributed by atoms with van der Waals surface area (Å²) in [5, 5.41) is 9.78. The molecule has 1 heterocycles. The van der Waals surface area contributed by atoms with Gasteiger partial charge >= 0.3 is 6.09 Å². The molecule has 0 aromatic heterocycles. The van der Waals surface area contributed by atoms with Gasteiger partial charge in [0.1, 0.15) is 6.61 Å². The minimum Gasteiger partial charge on any atom is -0.449 e. The fraction of sp³-hybridized carbons (Fsp3) is 0.500. The summed E-state index contributed by atoms with van der Waals surface area (Å²) >= 11 is 5.99. The Bertz CT molecular complexity index is 1050. The van der Waals surface area contributed by atoms with Crippen molar-refractivity contribution in [3.8, 4) is 0 Å². The van der Waals surface area contributed by atoms with Crippen molar-refractivity contribution in [2.75, 3.05) is 19.0 Å². The third-order valence-corrected chi connectivity index (χ3v) is 6.06. The van der Waals surface area contributed by atoms with Crippen molar-refractivity contribution in [3.05, 3.63) is 28.8 Å². The zero-order valence-electron chi connectivity index (χ0n) is 19.0. The van der Waals surface area contributed by atoms with Gasteiger partial charge in [-0.15, -0.1) is 0 Å². The summed E-state index contributed by atoms with van der Waals surface area (Å²) in [6, 6.07) is 2.43. The van der Waals surface area contributed by atoms with E-state index in [9.17, 15) is 32.8 Å². The third kappa shape index (κ3) is 6.65. The van der Waals surface area contributed by atoms with E-state index < -0.39 is 54.1 Å². The number of alkyl halides is 2. The molecule has 1 saturated carbocycles. The van der Waals surface area contributed by atoms with Crippen LogP contribution >= 0.6 is 11.6 Å². The number of Topliss-reactive ketones (excluding diaryl/α,β-unsaturated/α-hetero) is 1. The highest BCUT2D eigenvalue weighted by Gasteiger charge is 2.57. The summed E-state index contributed by atoms with van der Waals surface area (Å²) in [5.41, 5.74) is -0.219. The summed E-state index contributed by atoms with van der Waals surface area (Å²) in [5.74, 6) is -7.56. The van der Waals surface area contributed by atoms with Crippen molar-refractivity contribution in [2.24, 2.45) is 11.8 Å². The molecular formula is C22H25ClF2N4O6. The van der Waals surface area contributed by atoms with Gasteiger partial charge in [-0.3, -0.25) is 24.5 Å². The van der Waals surface area contributed by atoms with Gasteiger partial charge in [0.05, 0.1) is 23.2 Å². The number of ketones is 1. The highest BCUT2D eigenvalue weighted by Crippen LogP contribution is 2.48. The van der Waals surface area contributed by atoms with Gasteiger partial charge in [0.25, 0.3) is 17.7 Å². The number of anilines is 1. The largest absolute Gasteiger partial charge is 0.449 e. The van der Waals surface area contributed by atoms with Crippen LogP contribution in [0.5, 0.6) is 0 Å². The molecule has 1 unspecified atom stereocenters. The van der Waals surface area contributed by atoms with Crippen LogP contribution in [0.1, 0.15) is 36.5 Å². The second kappa shape index (κ2) is 10.5. The lowest BCUT2D eigenvalue weighted by atomic mass is 9.93. The van der Waals surface area contributed by atoms with Crippen LogP contribution < -0.4 is 21.3 Å². The Hall–Kier alpha value is -3.28. The second-order valence-corrected chi connectivity index (χ2v) is 9.06. The molecule has 190 valence electrons. The average molecular weight is 515 g/mol. The molecule has 4 N–H and O–H groups in total. The molecule has 0 bridgehead atoms. The van der Waals surface area contributed by atoms with Crippen LogP contribution in [0.15, 0.2) is 18.2 Å². The monoisotopic (exact) mass is 514 g/mol. The van der Waals surface area contributed by atoms with E-state index in [-0.39, 0.29) is 41.1 Å². The van der Waals surface area contributed by atoms with E-state index in [0.717, 1.165) is 0 Å². The molecule has 1 aliphatic carbocycles. The predicted octanol–water partition coefficient (Wildman–Crippen LogP) is 1.87. The smallest absolute Gasteiger partial charge is 0.411 e. The molecule has 0 radical (unpaired) electrons. The fourth-order valence-electron chi connectivity index (χ4n) is 3.78. The molecular weight excluding hydrogens is 490 g/mol. The standard InChI is InChI=1S/C22H25ClF2N4O6/c1-10-5-11(18(31)27-10)6-16(17(30)20(33)26-2)28-19(32)14-7-13(23)3-4-15(14)29-21(34)35-9-12-8-22(12,24)25/h3-4,7,10-12,16H,5-6,8-9H2,1-2H3,(H,26,33)(H,27,31)(H,28,32)(H,29,34)/t10-,11+,12?,16+/m1/s1. The van der Waals surface area contributed by atoms with Crippen molar-refractivity contribution in [2.45, 2.75) is 44.2 Å². The van der Waals surface area contributed by atoms with Crippen LogP contribution in [0, 0.1) is 11.8 Å². The predicted molar refractivity (Wildman–Crippen MR) is 120 cm³/mol. The number of nitrogens with one attached hydrogen (secondary N) is 4. The first kappa shape index (κ1) is 26.3. The van der Waals surface area contributed by atoms with Crippen molar-refractivity contribution < 1.29 is 37.5 Å². The van der Waals surface area contributed by atoms with E-state index in [0.29, 0.717) is 6.42 Å². The van der Waals surface area contributed by atoms with Gasteiger partial charge in [-0.2, -0.15) is 0 Å². The summed E-state index contributed by atoms with van der Waals surface area (Å²) < 4.78 is 30.8. The van der Waals surface area contributed by atoms with Crippen molar-refractivity contribution in [3.63, 3.8) is 0 Å². The van der Waals surface area contributed by atoms with Gasteiger partial charge in [0.15, 0.2) is 0 Å². The Morgan fingerprint density at radius 3 is 2.54 bits per heavy atom. The summed E-state index contributed by atoms with van der Waals surface area (Å²) in [6.45, 7) is 1.30. The summed E-state index contributed by atoms with van der Waals surface area (Å²) in [4.78, 5) is 61.9. The van der Waals surface area contributed by atoms with E-state index in [1.807, 2.05) is 0 Å². The maximum atomic E-state index is 13.1. The van der Waals surface area contributed by atoms with Crippen LogP contribution in [-0.4, -0.2) is 61.3 Å². The number of rotatable bonds is 9. The fourth-order valence-corrected chi connectivity index (χ4v) is 3.95. The van der Waals surface area contributed by atoms with Gasteiger partial charge in [0.2, 0.25) is 11.7 Å². The minimum atomic E-state index is -2.86. The quantitative estimate of drug-likeness (QED) is 0.370. The Balaban J connectivity index is 1.74. The summed E-state index contributed by atoms with van der Waals surface area (Å²) in [6.07, 6.45) is -1.12. The molecule has 1 aromatic carbocycles. The van der Waals surface area contributed by atoms with E-state index in [4.69, 9.17) is 16.3 Å². The molecule has 3 rings (SSSR count). The first-order chi connectivity index (χ1) is 16.4. The lowest BCUT2D eigenvalue weighted by Crippen LogP contribution is -2.48. The third-order valence-electron chi connectivity index (χ3n) is 5.82. The zero-order valence-corrected chi connectivity index (χ0v) is 19.7. The summed E-state index contributed by atoms with van der Waals surface area (Å²) in [7, 11) is 1.26. The van der Waals surface area contributed by atoms with Crippen LogP contribution in [0.2, 0.25) is 5.02 Å². The first-order valence-corrected chi connectivity index (χ1v) is 11.3. The number of halogens is 3. The average Bonchev–Trinajstić information content (AvgIpc) is 3.29. The number of ether oxygens (including phenoxy) is 1. The van der Waals surface area contributed by atoms with Crippen LogP contribution in [0.25, 0.3) is 0 Å². The highest BCUT2D eigenvalue weighted by molar-refractivity contribution is 6.38. The lowest BCUT2D eigenvalue weighted by Gasteiger charge is -2.20. The van der Waals surface area contributed by atoms with E-state index in [2.05, 4.69) is 21.3 Å². The number of hydrogen-bond donors (Lipinski definition) is 4. The topological polar surface area (TPSA) is 143 Å². The van der Waals surface area contributed by atoms with Gasteiger partial charge in [-0.25, -0.2) is 13.6 Å². The Kier molecular flexibility index (Phi) is 7.93. The number of carbonyl (C=O) groups excluding carboxylic acids is 5. The number of carbonyl (C=O) groups is 5. The maximum absolute atomic E-state index is 13.1. The lowest BCUT2D eigenvalue weighted by molar-refractivity contribution is -0.139. The van der Waals surface area contributed by atoms with Crippen LogP contribution in [0.4, 0.5) is 19.3 Å². The first-order valence-electron chi connectivity index (χ1n) is 10.9. The van der Waals surface area contributed by atoms with Crippen molar-refractivity contribution in [1.82, 2.24) is 16.0 Å². The Morgan fingerprint density at radius 2 is 1.97 bits per heavy atom. The molecule has 0 spiro atoms. The zero-order chi connectivity index (χ0) is 25.9. The molecule has 4 atom stereocenters. The SMILES string of the molecule is CNC(=O)C(=O)[C@H](C[C@@H]1C[C@@H](C)NC1=O)NC(=O)c1cc(Cl)ccc1NC(=O)OCC1CC1(F)F. The number of hydrogen-bond acceptors (Lipinski definition) is 6. The molecule has 13 heteroatoms. The van der Waals surface area contributed by atoms with E-state index >= 15 is 0 Å². The second-order valence-electron chi connectivity index (χ2n) is 8.62. The number of likely N-dealkylation sites (N-methyl/N-ethyl adjacent to an activating group) is 1. The van der Waals surface area contributed by atoms with E-state index in [1.54, 1.807) is 6.92 Å². The molecule has 4 amide bonds. The Morgan fingerprint density at radius 1 is 1.29 bits per heavy atom. The van der Waals surface area contributed by atoms with E-state index in [1.165, 1.54) is 25.2 Å². The van der Waals surface area contributed by atoms with Gasteiger partial charge in [-0.05, 0) is 38.0 Å². The van der Waals surface area contributed by atoms with Gasteiger partial charge in [-0.1, -0.05) is 11.6 Å². The minimum absolute atomic E-state index is 0.0576. The Labute approximate surface area is 204 Å². The molecule has 1 aliphatic heterocycles. The molecule has 1 saturated heterocycles. The normalized spacial score (nSPS) is 23.0. The van der Waals surface area contributed by atoms with Crippen molar-refractivity contribution in [1.29, 1.82) is 0 Å². The highest BCUT2D eigenvalue weighted by atomic mass is 35.5. The number of benzene rings is 1. The van der Waals surface area contributed by atoms with Crippen molar-refractivity contribution >= 4 is 46.9 Å². The van der Waals surface area contributed by atoms with Gasteiger partial charge in [0, 0.05) is 30.5 Å². The van der Waals surface area contributed by atoms with Crippen LogP contribution in [0.3, 0.4) is 0 Å². The number of amides is 4. The molecule has 2 fully saturated rings. The van der Waals surface area contributed by atoms with Crippen LogP contribution in [-0.2, 0) is 19.1 Å². The molecule has 35 heavy (non-hydrogen) atoms.